The summed E-state index contributed by atoms with van der Waals surface area (Å²) >= 11 is 0. The number of ether oxygens (including phenoxy) is 5. The van der Waals surface area contributed by atoms with Crippen molar-refractivity contribution in [3.8, 4) is 0 Å². The smallest absolute Gasteiger partial charge is 0.229 e. The van der Waals surface area contributed by atoms with Crippen LogP contribution in [-0.4, -0.2) is 92.2 Å². The van der Waals surface area contributed by atoms with E-state index in [2.05, 4.69) is 18.7 Å². The number of likely N-dealkylation sites (tertiary alicyclic amines) is 1. The van der Waals surface area contributed by atoms with Gasteiger partial charge in [0.25, 0.3) is 0 Å². The van der Waals surface area contributed by atoms with Gasteiger partial charge in [-0.3, -0.25) is 4.79 Å². The van der Waals surface area contributed by atoms with Crippen molar-refractivity contribution >= 4 is 5.91 Å². The highest BCUT2D eigenvalue weighted by Crippen LogP contribution is 2.82. The van der Waals surface area contributed by atoms with Crippen molar-refractivity contribution in [2.24, 2.45) is 34.5 Å². The number of fused-ring (bicyclic) bond motifs is 1. The van der Waals surface area contributed by atoms with Crippen LogP contribution in [0.3, 0.4) is 0 Å². The van der Waals surface area contributed by atoms with Crippen LogP contribution in [0.25, 0.3) is 0 Å². The Balaban J connectivity index is 1.60. The van der Waals surface area contributed by atoms with Crippen LogP contribution in [0.2, 0.25) is 0 Å². The fourth-order valence-corrected chi connectivity index (χ4v) is 11.2. The summed E-state index contributed by atoms with van der Waals surface area (Å²) in [7, 11) is 5.31. The van der Waals surface area contributed by atoms with Gasteiger partial charge in [0, 0.05) is 57.5 Å². The second-order valence-electron chi connectivity index (χ2n) is 11.9. The molecule has 2 heterocycles. The number of rotatable bonds is 4. The van der Waals surface area contributed by atoms with Gasteiger partial charge < -0.3 is 33.7 Å². The number of aliphatic hydroxyl groups excluding tert-OH is 1. The van der Waals surface area contributed by atoms with E-state index in [0.29, 0.717) is 13.0 Å². The maximum Gasteiger partial charge on any atom is 0.229 e. The Bertz CT molecular complexity index is 900. The first-order valence-corrected chi connectivity index (χ1v) is 12.7. The van der Waals surface area contributed by atoms with E-state index in [1.807, 2.05) is 7.11 Å². The van der Waals surface area contributed by atoms with Crippen LogP contribution in [0.5, 0.6) is 0 Å². The van der Waals surface area contributed by atoms with Crippen molar-refractivity contribution in [1.82, 2.24) is 4.90 Å². The number of hydrogen-bond acceptors (Lipinski definition) is 7. The standard InChI is InChI=1S/C25H37NO7/c1-6-26-20-24-13-9-12-14(29-3)10-23(16(13)17(12)27)25(20,33-11-32-23)19(31-5)18(24)22(2,21(26)28)8-7-15(24)30-4/h12-20,27H,6-11H2,1-5H3/t12-,13-,14+,15+,16-,17+,18-,19+,20+,22-,23-,24+,25+/m1/s1. The molecule has 0 aromatic carbocycles. The maximum absolute atomic E-state index is 14.2. The molecule has 1 amide bonds. The van der Waals surface area contributed by atoms with Gasteiger partial charge in [-0.2, -0.15) is 0 Å². The van der Waals surface area contributed by atoms with Gasteiger partial charge in [-0.1, -0.05) is 6.92 Å². The van der Waals surface area contributed by atoms with Crippen LogP contribution in [-0.2, 0) is 28.5 Å². The van der Waals surface area contributed by atoms with Crippen LogP contribution in [0.1, 0.15) is 39.5 Å². The minimum atomic E-state index is -0.856. The van der Waals surface area contributed by atoms with E-state index in [-0.39, 0.29) is 66.1 Å². The second kappa shape index (κ2) is 6.31. The molecule has 7 rings (SSSR count). The molecule has 8 nitrogen and oxygen atoms in total. The Kier molecular flexibility index (Phi) is 4.12. The molecule has 3 spiro atoms. The molecule has 0 unspecified atom stereocenters. The molecule has 2 aliphatic heterocycles. The van der Waals surface area contributed by atoms with E-state index < -0.39 is 22.7 Å². The predicted molar refractivity (Wildman–Crippen MR) is 115 cm³/mol. The summed E-state index contributed by atoms with van der Waals surface area (Å²) in [6, 6.07) is -0.207. The summed E-state index contributed by atoms with van der Waals surface area (Å²) in [4.78, 5) is 16.2. The van der Waals surface area contributed by atoms with E-state index >= 15 is 0 Å². The third-order valence-electron chi connectivity index (χ3n) is 11.8. The summed E-state index contributed by atoms with van der Waals surface area (Å²) in [6.45, 7) is 4.98. The van der Waals surface area contributed by atoms with E-state index in [1.165, 1.54) is 0 Å². The monoisotopic (exact) mass is 463 g/mol. The highest BCUT2D eigenvalue weighted by atomic mass is 16.7. The lowest BCUT2D eigenvalue weighted by atomic mass is 9.42. The molecule has 33 heavy (non-hydrogen) atoms. The van der Waals surface area contributed by atoms with Crippen molar-refractivity contribution in [3.63, 3.8) is 0 Å². The minimum Gasteiger partial charge on any atom is -0.392 e. The molecule has 7 aliphatic rings. The topological polar surface area (TPSA) is 86.7 Å². The van der Waals surface area contributed by atoms with Crippen molar-refractivity contribution < 1.29 is 33.6 Å². The Morgan fingerprint density at radius 3 is 2.64 bits per heavy atom. The van der Waals surface area contributed by atoms with E-state index in [1.54, 1.807) is 14.2 Å². The number of nitrogens with zero attached hydrogens (tertiary/aromatic N) is 1. The van der Waals surface area contributed by atoms with Gasteiger partial charge in [-0.05, 0) is 32.1 Å². The summed E-state index contributed by atoms with van der Waals surface area (Å²) in [5.74, 6) is 0.292. The van der Waals surface area contributed by atoms with Gasteiger partial charge in [-0.25, -0.2) is 0 Å². The third-order valence-corrected chi connectivity index (χ3v) is 11.8. The van der Waals surface area contributed by atoms with Gasteiger partial charge in [-0.15, -0.1) is 0 Å². The first kappa shape index (κ1) is 21.5. The van der Waals surface area contributed by atoms with Crippen molar-refractivity contribution in [1.29, 1.82) is 0 Å². The molecule has 184 valence electrons. The number of hydrogen-bond donors (Lipinski definition) is 1. The molecule has 0 aromatic rings. The van der Waals surface area contributed by atoms with Crippen molar-refractivity contribution in [2.45, 2.75) is 81.2 Å². The van der Waals surface area contributed by atoms with Gasteiger partial charge in [0.1, 0.15) is 18.0 Å². The Labute approximate surface area is 195 Å². The van der Waals surface area contributed by atoms with Gasteiger partial charge in [0.05, 0.1) is 35.9 Å². The fraction of sp³-hybridized carbons (Fsp3) is 0.960. The molecule has 13 atom stereocenters. The lowest BCUT2D eigenvalue weighted by Gasteiger charge is -2.69. The molecule has 8 heteroatoms. The average molecular weight is 464 g/mol. The lowest BCUT2D eigenvalue weighted by molar-refractivity contribution is -0.274. The Hall–Kier alpha value is -0.770. The molecule has 1 N–H and O–H groups in total. The van der Waals surface area contributed by atoms with E-state index in [9.17, 15) is 9.90 Å². The normalized spacial score (nSPS) is 62.1. The number of aliphatic hydroxyl groups is 1. The largest absolute Gasteiger partial charge is 0.392 e. The van der Waals surface area contributed by atoms with Crippen LogP contribution in [0.15, 0.2) is 0 Å². The Morgan fingerprint density at radius 2 is 1.97 bits per heavy atom. The zero-order chi connectivity index (χ0) is 23.1. The zero-order valence-electron chi connectivity index (χ0n) is 20.3. The summed E-state index contributed by atoms with van der Waals surface area (Å²) in [6.07, 6.45) is 2.13. The first-order valence-electron chi connectivity index (χ1n) is 12.7. The molecule has 0 aromatic heterocycles. The molecular formula is C25H37NO7. The second-order valence-corrected chi connectivity index (χ2v) is 11.9. The summed E-state index contributed by atoms with van der Waals surface area (Å²) < 4.78 is 32.2. The summed E-state index contributed by atoms with van der Waals surface area (Å²) in [5, 5.41) is 11.8. The number of piperidine rings is 1. The molecule has 7 bridgehead atoms. The maximum atomic E-state index is 14.2. The quantitative estimate of drug-likeness (QED) is 0.670. The molecule has 5 aliphatic carbocycles. The number of carbonyl (C=O) groups excluding carboxylic acids is 1. The molecular weight excluding hydrogens is 426 g/mol. The highest BCUT2D eigenvalue weighted by Gasteiger charge is 2.94. The zero-order valence-corrected chi connectivity index (χ0v) is 20.3. The van der Waals surface area contributed by atoms with Gasteiger partial charge >= 0.3 is 0 Å². The molecule has 2 saturated heterocycles. The lowest BCUT2D eigenvalue weighted by Crippen LogP contribution is -2.81. The predicted octanol–water partition coefficient (Wildman–Crippen LogP) is 1.19. The molecule has 5 saturated carbocycles. The van der Waals surface area contributed by atoms with Gasteiger partial charge in [0.15, 0.2) is 0 Å². The highest BCUT2D eigenvalue weighted by molar-refractivity contribution is 5.86. The van der Waals surface area contributed by atoms with Crippen LogP contribution in [0, 0.1) is 34.5 Å². The third kappa shape index (κ3) is 1.82. The van der Waals surface area contributed by atoms with Crippen LogP contribution >= 0.6 is 0 Å². The first-order chi connectivity index (χ1) is 15.8. The van der Waals surface area contributed by atoms with Crippen LogP contribution in [0.4, 0.5) is 0 Å². The molecule has 0 radical (unpaired) electrons. The number of likely N-dealkylation sites (N-methyl/N-ethyl adjacent to an activating group) is 1. The molecule has 7 fully saturated rings. The summed E-state index contributed by atoms with van der Waals surface area (Å²) in [5.41, 5.74) is -2.52. The number of amides is 1. The van der Waals surface area contributed by atoms with Crippen LogP contribution < -0.4 is 0 Å². The van der Waals surface area contributed by atoms with E-state index in [0.717, 1.165) is 19.3 Å². The number of carbonyl (C=O) groups is 1. The van der Waals surface area contributed by atoms with Gasteiger partial charge in [0.2, 0.25) is 5.91 Å². The Morgan fingerprint density at radius 1 is 1.18 bits per heavy atom. The fourth-order valence-electron chi connectivity index (χ4n) is 11.2. The number of methoxy groups -OCH3 is 3. The SMILES string of the molecule is CCN1C(=O)[C@]2(C)CC[C@H](OC)[C@@]34[C@@H]5C[C@H]6[C@H](O)[C@@H]5[C@@]5(C[C@@H]6OC)OCO[C@@]5([C@@H](OC)[C@@H]32)[C@@H]14. The minimum absolute atomic E-state index is 0.0282. The van der Waals surface area contributed by atoms with E-state index in [4.69, 9.17) is 23.7 Å². The van der Waals surface area contributed by atoms with Crippen molar-refractivity contribution in [2.75, 3.05) is 34.7 Å². The average Bonchev–Trinajstić information content (AvgIpc) is 3.37. The van der Waals surface area contributed by atoms with Crippen molar-refractivity contribution in [3.05, 3.63) is 0 Å².